The van der Waals surface area contributed by atoms with Gasteiger partial charge in [0, 0.05) is 30.9 Å². The quantitative estimate of drug-likeness (QED) is 0.610. The van der Waals surface area contributed by atoms with E-state index in [-0.39, 0.29) is 0 Å². The molecule has 0 aliphatic carbocycles. The van der Waals surface area contributed by atoms with Gasteiger partial charge in [-0.15, -0.1) is 0 Å². The number of nitrogens with zero attached hydrogens (tertiary/aromatic N) is 4. The van der Waals surface area contributed by atoms with Gasteiger partial charge in [-0.3, -0.25) is 10.3 Å². The lowest BCUT2D eigenvalue weighted by molar-refractivity contribution is 0.232. The van der Waals surface area contributed by atoms with E-state index in [1.54, 1.807) is 0 Å². The van der Waals surface area contributed by atoms with E-state index in [9.17, 15) is 0 Å². The average molecular weight is 264 g/mol. The molecule has 2 heterocycles. The molecular formula is C13H24N6. The van der Waals surface area contributed by atoms with Gasteiger partial charge in [0.2, 0.25) is 5.95 Å². The Kier molecular flexibility index (Phi) is 4.55. The molecule has 1 unspecified atom stereocenters. The third-order valence-corrected chi connectivity index (χ3v) is 3.87. The molecule has 2 rings (SSSR count). The first kappa shape index (κ1) is 14.0. The fraction of sp³-hybridized carbons (Fsp3) is 0.692. The normalized spacial score (nSPS) is 19.2. The van der Waals surface area contributed by atoms with Crippen molar-refractivity contribution in [3.8, 4) is 0 Å². The number of hydrogen-bond acceptors (Lipinski definition) is 6. The highest BCUT2D eigenvalue weighted by Crippen LogP contribution is 2.24. The zero-order chi connectivity index (χ0) is 13.8. The van der Waals surface area contributed by atoms with E-state index in [0.29, 0.717) is 12.0 Å². The molecule has 0 saturated carbocycles. The summed E-state index contributed by atoms with van der Waals surface area (Å²) in [4.78, 5) is 13.5. The number of likely N-dealkylation sites (N-methyl/N-ethyl adjacent to an activating group) is 1. The molecule has 0 spiro atoms. The molecule has 6 heteroatoms. The van der Waals surface area contributed by atoms with Gasteiger partial charge in [0.25, 0.3) is 0 Å². The van der Waals surface area contributed by atoms with E-state index in [0.717, 1.165) is 37.6 Å². The summed E-state index contributed by atoms with van der Waals surface area (Å²) in [7, 11) is 0. The van der Waals surface area contributed by atoms with Crippen LogP contribution in [0, 0.1) is 6.92 Å². The van der Waals surface area contributed by atoms with E-state index in [1.165, 1.54) is 6.42 Å². The summed E-state index contributed by atoms with van der Waals surface area (Å²) in [5.41, 5.74) is 3.61. The Morgan fingerprint density at radius 3 is 2.84 bits per heavy atom. The topological polar surface area (TPSA) is 70.3 Å². The van der Waals surface area contributed by atoms with Crippen LogP contribution in [0.5, 0.6) is 0 Å². The van der Waals surface area contributed by atoms with Crippen molar-refractivity contribution in [1.82, 2.24) is 14.9 Å². The predicted octanol–water partition coefficient (Wildman–Crippen LogP) is 0.991. The molecule has 1 aliphatic heterocycles. The van der Waals surface area contributed by atoms with Crippen LogP contribution in [0.4, 0.5) is 11.8 Å². The molecule has 1 aliphatic rings. The Balaban J connectivity index is 2.12. The summed E-state index contributed by atoms with van der Waals surface area (Å²) >= 11 is 0. The third kappa shape index (κ3) is 2.96. The first-order valence-corrected chi connectivity index (χ1v) is 6.98. The molecule has 1 atom stereocenters. The monoisotopic (exact) mass is 264 g/mol. The van der Waals surface area contributed by atoms with Crippen LogP contribution in [0.25, 0.3) is 0 Å². The van der Waals surface area contributed by atoms with Gasteiger partial charge in [-0.25, -0.2) is 10.8 Å². The van der Waals surface area contributed by atoms with Gasteiger partial charge in [-0.1, -0.05) is 13.8 Å². The highest BCUT2D eigenvalue weighted by atomic mass is 15.3. The number of rotatable bonds is 5. The molecular weight excluding hydrogens is 240 g/mol. The van der Waals surface area contributed by atoms with Crippen LogP contribution in [0.3, 0.4) is 0 Å². The van der Waals surface area contributed by atoms with E-state index >= 15 is 0 Å². The summed E-state index contributed by atoms with van der Waals surface area (Å²) in [6.07, 6.45) is 3.01. The maximum absolute atomic E-state index is 5.38. The Hall–Kier alpha value is -1.40. The van der Waals surface area contributed by atoms with Gasteiger partial charge in [0.15, 0.2) is 0 Å². The minimum Gasteiger partial charge on any atom is -0.355 e. The standard InChI is InChI=1S/C13H24N6/c1-4-18(5-2)11-6-7-19(9-11)12-10(3)8-15-13(16-12)17-14/h8,11H,4-7,9,14H2,1-3H3,(H,15,16,17). The van der Waals surface area contributed by atoms with Gasteiger partial charge in [0.05, 0.1) is 0 Å². The summed E-state index contributed by atoms with van der Waals surface area (Å²) in [6, 6.07) is 0.624. The molecule has 1 saturated heterocycles. The maximum Gasteiger partial charge on any atom is 0.239 e. The van der Waals surface area contributed by atoms with E-state index < -0.39 is 0 Å². The van der Waals surface area contributed by atoms with E-state index in [2.05, 4.69) is 39.0 Å². The maximum atomic E-state index is 5.38. The number of hydrogen-bond donors (Lipinski definition) is 2. The van der Waals surface area contributed by atoms with E-state index in [4.69, 9.17) is 5.84 Å². The van der Waals surface area contributed by atoms with Gasteiger partial charge in [-0.05, 0) is 26.4 Å². The van der Waals surface area contributed by atoms with Crippen molar-refractivity contribution in [3.05, 3.63) is 11.8 Å². The zero-order valence-corrected chi connectivity index (χ0v) is 12.1. The second-order valence-electron chi connectivity index (χ2n) is 4.95. The van der Waals surface area contributed by atoms with Crippen LogP contribution in [-0.2, 0) is 0 Å². The summed E-state index contributed by atoms with van der Waals surface area (Å²) < 4.78 is 0. The number of nitrogen functional groups attached to an aromatic ring is 1. The predicted molar refractivity (Wildman–Crippen MR) is 78.1 cm³/mol. The fourth-order valence-corrected chi connectivity index (χ4v) is 2.79. The first-order chi connectivity index (χ1) is 9.19. The highest BCUT2D eigenvalue weighted by molar-refractivity contribution is 5.49. The van der Waals surface area contributed by atoms with Gasteiger partial charge >= 0.3 is 0 Å². The van der Waals surface area contributed by atoms with Crippen LogP contribution in [-0.4, -0.2) is 47.1 Å². The molecule has 0 amide bonds. The largest absolute Gasteiger partial charge is 0.355 e. The van der Waals surface area contributed by atoms with Gasteiger partial charge < -0.3 is 4.90 Å². The average Bonchev–Trinajstić information content (AvgIpc) is 2.90. The van der Waals surface area contributed by atoms with Crippen molar-refractivity contribution >= 4 is 11.8 Å². The lowest BCUT2D eigenvalue weighted by atomic mass is 10.2. The molecule has 0 radical (unpaired) electrons. The molecule has 1 aromatic rings. The number of anilines is 2. The number of hydrazine groups is 1. The minimum absolute atomic E-state index is 0.479. The number of aryl methyl sites for hydroxylation is 1. The summed E-state index contributed by atoms with van der Waals surface area (Å²) in [5.74, 6) is 6.86. The van der Waals surface area contributed by atoms with Crippen molar-refractivity contribution in [3.63, 3.8) is 0 Å². The lowest BCUT2D eigenvalue weighted by Gasteiger charge is -2.26. The van der Waals surface area contributed by atoms with Crippen molar-refractivity contribution in [2.24, 2.45) is 5.84 Å². The Morgan fingerprint density at radius 2 is 2.21 bits per heavy atom. The molecule has 0 bridgehead atoms. The highest BCUT2D eigenvalue weighted by Gasteiger charge is 2.27. The van der Waals surface area contributed by atoms with E-state index in [1.807, 2.05) is 13.1 Å². The number of nitrogens with one attached hydrogen (secondary N) is 1. The van der Waals surface area contributed by atoms with Crippen molar-refractivity contribution in [1.29, 1.82) is 0 Å². The van der Waals surface area contributed by atoms with Crippen LogP contribution in [0.2, 0.25) is 0 Å². The smallest absolute Gasteiger partial charge is 0.239 e. The molecule has 19 heavy (non-hydrogen) atoms. The molecule has 0 aromatic carbocycles. The van der Waals surface area contributed by atoms with Crippen LogP contribution >= 0.6 is 0 Å². The first-order valence-electron chi connectivity index (χ1n) is 6.98. The van der Waals surface area contributed by atoms with Crippen LogP contribution < -0.4 is 16.2 Å². The molecule has 6 nitrogen and oxygen atoms in total. The third-order valence-electron chi connectivity index (χ3n) is 3.87. The van der Waals surface area contributed by atoms with Gasteiger partial charge in [-0.2, -0.15) is 4.98 Å². The van der Waals surface area contributed by atoms with Crippen molar-refractivity contribution in [2.45, 2.75) is 33.2 Å². The second kappa shape index (κ2) is 6.16. The van der Waals surface area contributed by atoms with Crippen LogP contribution in [0.1, 0.15) is 25.8 Å². The van der Waals surface area contributed by atoms with Crippen LogP contribution in [0.15, 0.2) is 6.20 Å². The second-order valence-corrected chi connectivity index (χ2v) is 4.95. The molecule has 3 N–H and O–H groups in total. The molecule has 1 aromatic heterocycles. The Labute approximate surface area is 115 Å². The van der Waals surface area contributed by atoms with Gasteiger partial charge in [0.1, 0.15) is 5.82 Å². The van der Waals surface area contributed by atoms with Crippen molar-refractivity contribution in [2.75, 3.05) is 36.5 Å². The minimum atomic E-state index is 0.479. The number of aromatic nitrogens is 2. The Morgan fingerprint density at radius 1 is 1.47 bits per heavy atom. The van der Waals surface area contributed by atoms with Crippen molar-refractivity contribution < 1.29 is 0 Å². The zero-order valence-electron chi connectivity index (χ0n) is 12.1. The fourth-order valence-electron chi connectivity index (χ4n) is 2.79. The summed E-state index contributed by atoms with van der Waals surface area (Å²) in [6.45, 7) is 10.8. The lowest BCUT2D eigenvalue weighted by Crippen LogP contribution is -2.37. The summed E-state index contributed by atoms with van der Waals surface area (Å²) in [5, 5.41) is 0. The SMILES string of the molecule is CCN(CC)C1CCN(c2nc(NN)ncc2C)C1. The molecule has 106 valence electrons. The molecule has 1 fully saturated rings. The number of nitrogens with two attached hydrogens (primary N) is 1. The Bertz CT molecular complexity index is 418.